The molecule has 0 saturated carbocycles. The molecule has 0 radical (unpaired) electrons. The number of carbonyl (C=O) groups is 2. The van der Waals surface area contributed by atoms with E-state index in [-0.39, 0.29) is 18.3 Å². The van der Waals surface area contributed by atoms with Gasteiger partial charge in [0.1, 0.15) is 16.4 Å². The molecule has 0 aliphatic rings. The van der Waals surface area contributed by atoms with Crippen molar-refractivity contribution in [3.63, 3.8) is 0 Å². The van der Waals surface area contributed by atoms with Gasteiger partial charge in [-0.15, -0.1) is 21.5 Å². The van der Waals surface area contributed by atoms with Crippen molar-refractivity contribution in [3.05, 3.63) is 47.1 Å². The molecule has 0 unspecified atom stereocenters. The van der Waals surface area contributed by atoms with Crippen molar-refractivity contribution in [3.8, 4) is 11.1 Å². The van der Waals surface area contributed by atoms with Gasteiger partial charge >= 0.3 is 5.97 Å². The molecule has 2 heterocycles. The number of thiophene rings is 1. The van der Waals surface area contributed by atoms with Crippen LogP contribution in [0.2, 0.25) is 0 Å². The second-order valence-electron chi connectivity index (χ2n) is 6.27. The molecule has 1 amide bonds. The average Bonchev–Trinajstić information content (AvgIpc) is 3.36. The third kappa shape index (κ3) is 4.91. The zero-order chi connectivity index (χ0) is 21.5. The summed E-state index contributed by atoms with van der Waals surface area (Å²) in [5, 5.41) is 14.3. The van der Waals surface area contributed by atoms with Gasteiger partial charge in [0.15, 0.2) is 5.16 Å². The normalized spacial score (nSPS) is 10.8. The van der Waals surface area contributed by atoms with Crippen molar-refractivity contribution in [1.29, 1.82) is 0 Å². The summed E-state index contributed by atoms with van der Waals surface area (Å²) in [6.07, 6.45) is 0.786. The lowest BCUT2D eigenvalue weighted by Crippen LogP contribution is -2.17. The molecule has 1 N–H and O–H groups in total. The van der Waals surface area contributed by atoms with Gasteiger partial charge < -0.3 is 14.6 Å². The Hall–Kier alpha value is -2.65. The van der Waals surface area contributed by atoms with E-state index in [4.69, 9.17) is 4.74 Å². The number of benzene rings is 1. The maximum absolute atomic E-state index is 12.6. The summed E-state index contributed by atoms with van der Waals surface area (Å²) in [5.41, 5.74) is 2.03. The zero-order valence-corrected chi connectivity index (χ0v) is 18.8. The fourth-order valence-corrected chi connectivity index (χ4v) is 4.78. The molecular formula is C21H24N4O3S2. The molecule has 0 aliphatic carbocycles. The maximum Gasteiger partial charge on any atom is 0.341 e. The zero-order valence-electron chi connectivity index (χ0n) is 17.2. The van der Waals surface area contributed by atoms with E-state index in [1.165, 1.54) is 23.1 Å². The first-order valence-corrected chi connectivity index (χ1v) is 11.6. The Labute approximate surface area is 183 Å². The lowest BCUT2D eigenvalue weighted by molar-refractivity contribution is -0.113. The molecule has 7 nitrogen and oxygen atoms in total. The molecule has 0 fully saturated rings. The van der Waals surface area contributed by atoms with Crippen molar-refractivity contribution < 1.29 is 14.3 Å². The van der Waals surface area contributed by atoms with Gasteiger partial charge in [0.05, 0.1) is 12.4 Å². The molecule has 0 aliphatic heterocycles. The fraction of sp³-hybridized carbons (Fsp3) is 0.333. The maximum atomic E-state index is 12.6. The summed E-state index contributed by atoms with van der Waals surface area (Å²) >= 11 is 2.64. The molecule has 2 aromatic heterocycles. The van der Waals surface area contributed by atoms with Gasteiger partial charge in [0.2, 0.25) is 5.91 Å². The van der Waals surface area contributed by atoms with E-state index in [0.717, 1.165) is 29.9 Å². The Morgan fingerprint density at radius 3 is 2.60 bits per heavy atom. The second-order valence-corrected chi connectivity index (χ2v) is 8.10. The average molecular weight is 445 g/mol. The van der Waals surface area contributed by atoms with Gasteiger partial charge in [-0.25, -0.2) is 4.79 Å². The molecule has 158 valence electrons. The number of thioether (sulfide) groups is 1. The van der Waals surface area contributed by atoms with Crippen molar-refractivity contribution in [2.45, 2.75) is 38.9 Å². The van der Waals surface area contributed by atoms with E-state index < -0.39 is 5.97 Å². The summed E-state index contributed by atoms with van der Waals surface area (Å²) in [4.78, 5) is 25.2. The number of rotatable bonds is 9. The second kappa shape index (κ2) is 10.4. The van der Waals surface area contributed by atoms with Gasteiger partial charge in [-0.2, -0.15) is 0 Å². The van der Waals surface area contributed by atoms with Crippen LogP contribution in [0.1, 0.15) is 37.0 Å². The summed E-state index contributed by atoms with van der Waals surface area (Å²) in [5.74, 6) is 0.410. The van der Waals surface area contributed by atoms with Crippen LogP contribution in [0.5, 0.6) is 0 Å². The molecule has 3 rings (SSSR count). The monoisotopic (exact) mass is 444 g/mol. The molecule has 0 saturated heterocycles. The Bertz CT molecular complexity index is 1010. The highest BCUT2D eigenvalue weighted by Gasteiger charge is 2.23. The minimum atomic E-state index is -0.445. The van der Waals surface area contributed by atoms with Gasteiger partial charge in [-0.05, 0) is 19.4 Å². The lowest BCUT2D eigenvalue weighted by atomic mass is 10.0. The minimum Gasteiger partial charge on any atom is -0.462 e. The van der Waals surface area contributed by atoms with E-state index in [1.54, 1.807) is 6.92 Å². The number of amides is 1. The SMILES string of the molecule is CCOC(=O)c1c(-c2ccccc2)csc1NC(=O)CSc1nnc(CC)n1CC. The number of aryl methyl sites for hydroxylation is 1. The number of hydrogen-bond acceptors (Lipinski definition) is 7. The number of nitrogens with zero attached hydrogens (tertiary/aromatic N) is 3. The van der Waals surface area contributed by atoms with E-state index >= 15 is 0 Å². The van der Waals surface area contributed by atoms with Crippen LogP contribution in [0.25, 0.3) is 11.1 Å². The van der Waals surface area contributed by atoms with Crippen LogP contribution in [-0.2, 0) is 22.5 Å². The smallest absolute Gasteiger partial charge is 0.341 e. The first kappa shape index (κ1) is 22.0. The standard InChI is InChI=1S/C21H24N4O3S2/c1-4-16-23-24-21(25(16)5-2)30-13-17(26)22-19-18(20(27)28-6-3)15(12-29-19)14-10-8-7-9-11-14/h7-12H,4-6,13H2,1-3H3,(H,22,26). The molecule has 0 spiro atoms. The quantitative estimate of drug-likeness (QED) is 0.386. The van der Waals surface area contributed by atoms with E-state index in [9.17, 15) is 9.59 Å². The van der Waals surface area contributed by atoms with E-state index in [0.29, 0.717) is 15.7 Å². The number of aromatic nitrogens is 3. The van der Waals surface area contributed by atoms with Gasteiger partial charge in [0, 0.05) is 23.9 Å². The van der Waals surface area contributed by atoms with Crippen LogP contribution in [0.15, 0.2) is 40.9 Å². The van der Waals surface area contributed by atoms with Crippen LogP contribution in [0, 0.1) is 0 Å². The Balaban J connectivity index is 1.77. The number of nitrogens with one attached hydrogen (secondary N) is 1. The van der Waals surface area contributed by atoms with Crippen molar-refractivity contribution in [1.82, 2.24) is 14.8 Å². The number of ether oxygens (including phenoxy) is 1. The molecule has 0 bridgehead atoms. The van der Waals surface area contributed by atoms with Crippen molar-refractivity contribution in [2.75, 3.05) is 17.7 Å². The lowest BCUT2D eigenvalue weighted by Gasteiger charge is -2.09. The number of anilines is 1. The van der Waals surface area contributed by atoms with Crippen LogP contribution >= 0.6 is 23.1 Å². The molecular weight excluding hydrogens is 420 g/mol. The summed E-state index contributed by atoms with van der Waals surface area (Å²) < 4.78 is 7.24. The predicted molar refractivity (Wildman–Crippen MR) is 120 cm³/mol. The van der Waals surface area contributed by atoms with Crippen LogP contribution < -0.4 is 5.32 Å². The van der Waals surface area contributed by atoms with Gasteiger partial charge in [-0.3, -0.25) is 4.79 Å². The van der Waals surface area contributed by atoms with Crippen LogP contribution in [0.4, 0.5) is 5.00 Å². The molecule has 9 heteroatoms. The summed E-state index contributed by atoms with van der Waals surface area (Å²) in [6.45, 7) is 6.82. The van der Waals surface area contributed by atoms with Crippen molar-refractivity contribution >= 4 is 40.0 Å². The van der Waals surface area contributed by atoms with Crippen LogP contribution in [-0.4, -0.2) is 39.0 Å². The van der Waals surface area contributed by atoms with E-state index in [1.807, 2.05) is 54.1 Å². The number of hydrogen-bond donors (Lipinski definition) is 1. The number of carbonyl (C=O) groups excluding carboxylic acids is 2. The summed E-state index contributed by atoms with van der Waals surface area (Å²) in [6, 6.07) is 9.58. The van der Waals surface area contributed by atoms with Gasteiger partial charge in [0.25, 0.3) is 0 Å². The predicted octanol–water partition coefficient (Wildman–Crippen LogP) is 4.50. The van der Waals surface area contributed by atoms with Crippen LogP contribution in [0.3, 0.4) is 0 Å². The third-order valence-corrected chi connectivity index (χ3v) is 6.23. The minimum absolute atomic E-state index is 0.169. The van der Waals surface area contributed by atoms with E-state index in [2.05, 4.69) is 15.5 Å². The molecule has 30 heavy (non-hydrogen) atoms. The fourth-order valence-electron chi connectivity index (χ4n) is 2.98. The Kier molecular flexibility index (Phi) is 7.64. The third-order valence-electron chi connectivity index (χ3n) is 4.37. The first-order chi connectivity index (χ1) is 14.6. The highest BCUT2D eigenvalue weighted by Crippen LogP contribution is 2.36. The van der Waals surface area contributed by atoms with Gasteiger partial charge in [-0.1, -0.05) is 49.0 Å². The first-order valence-electron chi connectivity index (χ1n) is 9.77. The molecule has 1 aromatic carbocycles. The highest BCUT2D eigenvalue weighted by atomic mass is 32.2. The largest absolute Gasteiger partial charge is 0.462 e. The Morgan fingerprint density at radius 2 is 1.93 bits per heavy atom. The topological polar surface area (TPSA) is 86.1 Å². The molecule has 3 aromatic rings. The number of esters is 1. The Morgan fingerprint density at radius 1 is 1.17 bits per heavy atom. The highest BCUT2D eigenvalue weighted by molar-refractivity contribution is 7.99. The van der Waals surface area contributed by atoms with Crippen molar-refractivity contribution in [2.24, 2.45) is 0 Å². The summed E-state index contributed by atoms with van der Waals surface area (Å²) in [7, 11) is 0. The molecule has 0 atom stereocenters.